The topological polar surface area (TPSA) is 21.3 Å². The average Bonchev–Trinajstić information content (AvgIpc) is 2.72. The van der Waals surface area contributed by atoms with Crippen LogP contribution in [0, 0.1) is 0 Å². The van der Waals surface area contributed by atoms with E-state index in [2.05, 4.69) is 72.9 Å². The Hall–Kier alpha value is -2.29. The molecule has 0 aliphatic heterocycles. The molecule has 0 aliphatic rings. The predicted molar refractivity (Wildman–Crippen MR) is 116 cm³/mol. The van der Waals surface area contributed by atoms with Crippen molar-refractivity contribution >= 4 is 12.4 Å². The summed E-state index contributed by atoms with van der Waals surface area (Å²) in [5.41, 5.74) is 2.74. The van der Waals surface area contributed by atoms with Gasteiger partial charge in [-0.15, -0.1) is 12.4 Å². The molecule has 27 heavy (non-hydrogen) atoms. The van der Waals surface area contributed by atoms with Crippen molar-refractivity contribution < 1.29 is 4.74 Å². The highest BCUT2D eigenvalue weighted by Gasteiger charge is 2.14. The van der Waals surface area contributed by atoms with Crippen LogP contribution >= 0.6 is 12.4 Å². The second kappa shape index (κ2) is 11.4. The summed E-state index contributed by atoms with van der Waals surface area (Å²) in [6.07, 6.45) is 1.06. The Kier molecular flexibility index (Phi) is 8.90. The molecule has 0 amide bonds. The monoisotopic (exact) mass is 381 g/mol. The van der Waals surface area contributed by atoms with Gasteiger partial charge in [0.25, 0.3) is 0 Å². The predicted octanol–water partition coefficient (Wildman–Crippen LogP) is 5.69. The Morgan fingerprint density at radius 1 is 0.741 bits per heavy atom. The van der Waals surface area contributed by atoms with Gasteiger partial charge >= 0.3 is 0 Å². The Balaban J connectivity index is 0.00000261. The Bertz CT molecular complexity index is 710. The lowest BCUT2D eigenvalue weighted by molar-refractivity contribution is 0.272. The number of halogens is 1. The highest BCUT2D eigenvalue weighted by molar-refractivity contribution is 5.85. The molecule has 3 aromatic carbocycles. The van der Waals surface area contributed by atoms with E-state index >= 15 is 0 Å². The minimum absolute atomic E-state index is 0. The molecular formula is C24H28ClNO. The third-order valence-corrected chi connectivity index (χ3v) is 4.57. The maximum absolute atomic E-state index is 5.83. The van der Waals surface area contributed by atoms with Gasteiger partial charge in [0.1, 0.15) is 12.4 Å². The van der Waals surface area contributed by atoms with Crippen molar-refractivity contribution in [1.82, 2.24) is 5.32 Å². The van der Waals surface area contributed by atoms with Crippen molar-refractivity contribution in [2.24, 2.45) is 0 Å². The van der Waals surface area contributed by atoms with Gasteiger partial charge in [0.05, 0.1) is 0 Å². The van der Waals surface area contributed by atoms with E-state index in [9.17, 15) is 0 Å². The van der Waals surface area contributed by atoms with Crippen LogP contribution in [0.3, 0.4) is 0 Å². The van der Waals surface area contributed by atoms with Crippen LogP contribution in [0.1, 0.15) is 30.4 Å². The van der Waals surface area contributed by atoms with E-state index in [-0.39, 0.29) is 12.4 Å². The number of ether oxygens (including phenoxy) is 1. The second-order valence-electron chi connectivity index (χ2n) is 6.64. The van der Waals surface area contributed by atoms with Crippen LogP contribution in [0.5, 0.6) is 5.75 Å². The van der Waals surface area contributed by atoms with Gasteiger partial charge < -0.3 is 10.1 Å². The fourth-order valence-electron chi connectivity index (χ4n) is 3.17. The Labute approximate surface area is 169 Å². The first kappa shape index (κ1) is 21.0. The zero-order valence-corrected chi connectivity index (χ0v) is 16.6. The van der Waals surface area contributed by atoms with E-state index in [0.717, 1.165) is 18.7 Å². The molecule has 1 unspecified atom stereocenters. The van der Waals surface area contributed by atoms with Crippen LogP contribution in [-0.2, 0) is 0 Å². The lowest BCUT2D eigenvalue weighted by Gasteiger charge is -2.20. The van der Waals surface area contributed by atoms with Crippen LogP contribution in [-0.4, -0.2) is 19.2 Å². The van der Waals surface area contributed by atoms with Gasteiger partial charge in [-0.05, 0) is 43.1 Å². The van der Waals surface area contributed by atoms with Crippen LogP contribution in [0.4, 0.5) is 0 Å². The van der Waals surface area contributed by atoms with Gasteiger partial charge in [-0.2, -0.15) is 0 Å². The highest BCUT2D eigenvalue weighted by Crippen LogP contribution is 2.27. The van der Waals surface area contributed by atoms with E-state index in [1.54, 1.807) is 0 Å². The molecule has 0 saturated heterocycles. The maximum atomic E-state index is 5.83. The lowest BCUT2D eigenvalue weighted by Crippen LogP contribution is -2.33. The first-order chi connectivity index (χ1) is 12.8. The molecule has 0 aliphatic carbocycles. The van der Waals surface area contributed by atoms with E-state index in [4.69, 9.17) is 4.74 Å². The molecule has 0 spiro atoms. The molecule has 0 fully saturated rings. The summed E-state index contributed by atoms with van der Waals surface area (Å²) in [6, 6.07) is 31.8. The fraction of sp³-hybridized carbons (Fsp3) is 0.250. The average molecular weight is 382 g/mol. The summed E-state index contributed by atoms with van der Waals surface area (Å²) in [5.74, 6) is 1.33. The molecule has 1 atom stereocenters. The minimum Gasteiger partial charge on any atom is -0.492 e. The Morgan fingerprint density at radius 2 is 1.22 bits per heavy atom. The molecule has 142 valence electrons. The summed E-state index contributed by atoms with van der Waals surface area (Å²) in [4.78, 5) is 0. The number of hydrogen-bond acceptors (Lipinski definition) is 2. The normalized spacial score (nSPS) is 11.6. The van der Waals surface area contributed by atoms with E-state index in [1.807, 2.05) is 30.3 Å². The Morgan fingerprint density at radius 3 is 1.74 bits per heavy atom. The third kappa shape index (κ3) is 6.74. The zero-order chi connectivity index (χ0) is 18.0. The molecule has 0 bridgehead atoms. The van der Waals surface area contributed by atoms with E-state index < -0.39 is 0 Å². The smallest absolute Gasteiger partial charge is 0.119 e. The molecule has 0 heterocycles. The summed E-state index contributed by atoms with van der Waals surface area (Å²) in [7, 11) is 0. The SMILES string of the molecule is CC(COc1ccccc1)NCCC(c1ccccc1)c1ccccc1.Cl. The van der Waals surface area contributed by atoms with Crippen LogP contribution in [0.25, 0.3) is 0 Å². The summed E-state index contributed by atoms with van der Waals surface area (Å²) >= 11 is 0. The third-order valence-electron chi connectivity index (χ3n) is 4.57. The van der Waals surface area contributed by atoms with Crippen molar-refractivity contribution in [2.45, 2.75) is 25.3 Å². The standard InChI is InChI=1S/C24H27NO.ClH/c1-20(19-26-23-15-9-4-10-16-23)25-18-17-24(21-11-5-2-6-12-21)22-13-7-3-8-14-22;/h2-16,20,24-25H,17-19H2,1H3;1H. The first-order valence-corrected chi connectivity index (χ1v) is 9.34. The fourth-order valence-corrected chi connectivity index (χ4v) is 3.17. The van der Waals surface area contributed by atoms with Crippen molar-refractivity contribution in [2.75, 3.05) is 13.2 Å². The molecular weight excluding hydrogens is 354 g/mol. The summed E-state index contributed by atoms with van der Waals surface area (Å²) in [6.45, 7) is 3.79. The summed E-state index contributed by atoms with van der Waals surface area (Å²) in [5, 5.41) is 3.60. The number of nitrogens with one attached hydrogen (secondary N) is 1. The molecule has 0 aromatic heterocycles. The van der Waals surface area contributed by atoms with E-state index in [0.29, 0.717) is 18.6 Å². The molecule has 3 aromatic rings. The van der Waals surface area contributed by atoms with Crippen molar-refractivity contribution in [1.29, 1.82) is 0 Å². The number of hydrogen-bond donors (Lipinski definition) is 1. The largest absolute Gasteiger partial charge is 0.492 e. The van der Waals surface area contributed by atoms with Gasteiger partial charge in [-0.1, -0.05) is 78.9 Å². The molecule has 2 nitrogen and oxygen atoms in total. The zero-order valence-electron chi connectivity index (χ0n) is 15.8. The molecule has 1 N–H and O–H groups in total. The molecule has 0 saturated carbocycles. The van der Waals surface area contributed by atoms with Gasteiger partial charge in [-0.3, -0.25) is 0 Å². The van der Waals surface area contributed by atoms with Gasteiger partial charge in [0.15, 0.2) is 0 Å². The first-order valence-electron chi connectivity index (χ1n) is 9.34. The van der Waals surface area contributed by atoms with Gasteiger partial charge in [-0.25, -0.2) is 0 Å². The van der Waals surface area contributed by atoms with Crippen LogP contribution < -0.4 is 10.1 Å². The van der Waals surface area contributed by atoms with Gasteiger partial charge in [0, 0.05) is 12.0 Å². The number of para-hydroxylation sites is 1. The maximum Gasteiger partial charge on any atom is 0.119 e. The lowest BCUT2D eigenvalue weighted by atomic mass is 9.88. The summed E-state index contributed by atoms with van der Waals surface area (Å²) < 4.78 is 5.83. The van der Waals surface area contributed by atoms with Crippen LogP contribution in [0.2, 0.25) is 0 Å². The molecule has 0 radical (unpaired) electrons. The second-order valence-corrected chi connectivity index (χ2v) is 6.64. The van der Waals surface area contributed by atoms with E-state index in [1.165, 1.54) is 11.1 Å². The minimum atomic E-state index is 0. The quantitative estimate of drug-likeness (QED) is 0.514. The van der Waals surface area contributed by atoms with Crippen molar-refractivity contribution in [3.05, 3.63) is 102 Å². The molecule has 3 rings (SSSR count). The van der Waals surface area contributed by atoms with Gasteiger partial charge in [0.2, 0.25) is 0 Å². The van der Waals surface area contributed by atoms with Crippen molar-refractivity contribution in [3.63, 3.8) is 0 Å². The number of rotatable bonds is 9. The molecule has 3 heteroatoms. The number of benzene rings is 3. The van der Waals surface area contributed by atoms with Crippen LogP contribution in [0.15, 0.2) is 91.0 Å². The van der Waals surface area contributed by atoms with Crippen molar-refractivity contribution in [3.8, 4) is 5.75 Å². The highest BCUT2D eigenvalue weighted by atomic mass is 35.5.